The van der Waals surface area contributed by atoms with Crippen LogP contribution in [0.15, 0.2) is 66.7 Å². The fourth-order valence-corrected chi connectivity index (χ4v) is 5.48. The first-order chi connectivity index (χ1) is 18.9. The second-order valence-corrected chi connectivity index (χ2v) is 9.93. The summed E-state index contributed by atoms with van der Waals surface area (Å²) in [6.45, 7) is 3.79. The number of carbonyl (C=O) groups is 1. The smallest absolute Gasteiger partial charge is 0.270 e. The second-order valence-electron chi connectivity index (χ2n) is 9.93. The zero-order chi connectivity index (χ0) is 27.1. The number of piperazine rings is 1. The van der Waals surface area contributed by atoms with E-state index in [1.165, 1.54) is 17.7 Å². The largest absolute Gasteiger partial charge is 0.367 e. The number of nitrogens with zero attached hydrogens (tertiary/aromatic N) is 4. The maximum Gasteiger partial charge on any atom is 0.270 e. The Bertz CT molecular complexity index is 1670. The number of halogens is 1. The number of non-ortho nitro benzene ring substituents is 1. The third kappa shape index (κ3) is 4.67. The minimum absolute atomic E-state index is 0.0923. The molecule has 0 spiro atoms. The summed E-state index contributed by atoms with van der Waals surface area (Å²) in [7, 11) is 0. The fourth-order valence-electron chi connectivity index (χ4n) is 5.48. The average molecular weight is 522 g/mol. The number of hydrogen-bond donors (Lipinski definition) is 1. The quantitative estimate of drug-likeness (QED) is 0.275. The van der Waals surface area contributed by atoms with Crippen molar-refractivity contribution in [3.8, 4) is 6.07 Å². The molecule has 9 heteroatoms. The Morgan fingerprint density at radius 2 is 1.72 bits per heavy atom. The van der Waals surface area contributed by atoms with Crippen molar-refractivity contribution in [2.45, 2.75) is 13.0 Å². The first-order valence-electron chi connectivity index (χ1n) is 12.7. The molecule has 0 aliphatic carbocycles. The summed E-state index contributed by atoms with van der Waals surface area (Å²) in [6.07, 6.45) is 0.584. The summed E-state index contributed by atoms with van der Waals surface area (Å²) in [4.78, 5) is 27.7. The predicted octanol–water partition coefficient (Wildman–Crippen LogP) is 5.24. The Balaban J connectivity index is 1.13. The third-order valence-corrected chi connectivity index (χ3v) is 7.51. The molecule has 0 atom stereocenters. The molecule has 2 heterocycles. The van der Waals surface area contributed by atoms with Gasteiger partial charge in [0.1, 0.15) is 5.82 Å². The highest BCUT2D eigenvalue weighted by molar-refractivity contribution is 6.24. The molecule has 1 saturated heterocycles. The topological polar surface area (TPSA) is 103 Å². The monoisotopic (exact) mass is 521 g/mol. The number of benzene rings is 4. The molecule has 194 valence electrons. The van der Waals surface area contributed by atoms with Gasteiger partial charge in [-0.05, 0) is 52.8 Å². The number of hydrogen-bond acceptors (Lipinski definition) is 6. The van der Waals surface area contributed by atoms with Crippen molar-refractivity contribution in [3.05, 3.63) is 110 Å². The molecule has 4 aromatic rings. The van der Waals surface area contributed by atoms with Crippen molar-refractivity contribution in [3.63, 3.8) is 0 Å². The van der Waals surface area contributed by atoms with E-state index in [-0.39, 0.29) is 17.4 Å². The maximum absolute atomic E-state index is 14.4. The van der Waals surface area contributed by atoms with E-state index in [0.29, 0.717) is 42.0 Å². The molecule has 8 nitrogen and oxygen atoms in total. The molecule has 0 aromatic heterocycles. The van der Waals surface area contributed by atoms with Gasteiger partial charge in [-0.15, -0.1) is 0 Å². The lowest BCUT2D eigenvalue weighted by Crippen LogP contribution is -2.46. The zero-order valence-corrected chi connectivity index (χ0v) is 21.0. The molecule has 1 fully saturated rings. The van der Waals surface area contributed by atoms with E-state index in [4.69, 9.17) is 5.26 Å². The number of amides is 1. The lowest BCUT2D eigenvalue weighted by atomic mass is 9.95. The SMILES string of the molecule is N#Cc1ccc(N2CCN(Cc3ccc(Cc4ccc5c6c(cc([N+](=O)[O-])cc46)C(=O)N5)cc3)CC2)c(F)c1. The number of anilines is 2. The maximum atomic E-state index is 14.4. The summed E-state index contributed by atoms with van der Waals surface area (Å²) in [6, 6.07) is 21.6. The van der Waals surface area contributed by atoms with Crippen LogP contribution in [0, 0.1) is 27.3 Å². The highest BCUT2D eigenvalue weighted by atomic mass is 19.1. The highest BCUT2D eigenvalue weighted by Crippen LogP contribution is 2.38. The van der Waals surface area contributed by atoms with Gasteiger partial charge in [-0.25, -0.2) is 4.39 Å². The summed E-state index contributed by atoms with van der Waals surface area (Å²) in [5.74, 6) is -0.682. The summed E-state index contributed by atoms with van der Waals surface area (Å²) in [5.41, 5.74) is 4.95. The van der Waals surface area contributed by atoms with Gasteiger partial charge in [0.2, 0.25) is 0 Å². The molecule has 39 heavy (non-hydrogen) atoms. The van der Waals surface area contributed by atoms with Gasteiger partial charge in [0, 0.05) is 55.9 Å². The van der Waals surface area contributed by atoms with Crippen LogP contribution in [0.2, 0.25) is 0 Å². The molecule has 4 aromatic carbocycles. The number of nitro benzene ring substituents is 1. The predicted molar refractivity (Wildman–Crippen MR) is 146 cm³/mol. The van der Waals surface area contributed by atoms with E-state index in [2.05, 4.69) is 34.5 Å². The van der Waals surface area contributed by atoms with Crippen LogP contribution in [-0.4, -0.2) is 41.9 Å². The van der Waals surface area contributed by atoms with E-state index >= 15 is 0 Å². The van der Waals surface area contributed by atoms with E-state index in [9.17, 15) is 19.3 Å². The van der Waals surface area contributed by atoms with Crippen molar-refractivity contribution < 1.29 is 14.1 Å². The number of carbonyl (C=O) groups excluding carboxylic acids is 1. The van der Waals surface area contributed by atoms with Crippen molar-refractivity contribution in [1.82, 2.24) is 4.90 Å². The Kier molecular flexibility index (Phi) is 6.17. The fraction of sp³-hybridized carbons (Fsp3) is 0.200. The van der Waals surface area contributed by atoms with Crippen molar-refractivity contribution in [1.29, 1.82) is 5.26 Å². The van der Waals surface area contributed by atoms with Gasteiger partial charge in [-0.2, -0.15) is 5.26 Å². The second kappa shape index (κ2) is 9.82. The molecule has 1 amide bonds. The summed E-state index contributed by atoms with van der Waals surface area (Å²) < 4.78 is 14.4. The molecule has 1 N–H and O–H groups in total. The van der Waals surface area contributed by atoms with Gasteiger partial charge in [0.05, 0.1) is 27.8 Å². The number of nitro groups is 1. The molecule has 6 rings (SSSR count). The number of rotatable bonds is 6. The van der Waals surface area contributed by atoms with Crippen LogP contribution in [0.3, 0.4) is 0 Å². The Morgan fingerprint density at radius 3 is 2.41 bits per heavy atom. The van der Waals surface area contributed by atoms with Crippen molar-refractivity contribution in [2.75, 3.05) is 36.4 Å². The molecular weight excluding hydrogens is 497 g/mol. The molecule has 0 unspecified atom stereocenters. The van der Waals surface area contributed by atoms with Crippen LogP contribution in [-0.2, 0) is 13.0 Å². The van der Waals surface area contributed by atoms with Crippen molar-refractivity contribution >= 4 is 33.7 Å². The van der Waals surface area contributed by atoms with Crippen LogP contribution < -0.4 is 10.2 Å². The molecular formula is C30H24FN5O3. The zero-order valence-electron chi connectivity index (χ0n) is 21.0. The Labute approximate surface area is 224 Å². The van der Waals surface area contributed by atoms with E-state index < -0.39 is 4.92 Å². The Hall–Kier alpha value is -4.81. The first kappa shape index (κ1) is 24.5. The number of nitrogens with one attached hydrogen (secondary N) is 1. The average Bonchev–Trinajstić information content (AvgIpc) is 3.27. The molecule has 2 aliphatic heterocycles. The van der Waals surface area contributed by atoms with E-state index in [1.807, 2.05) is 23.1 Å². The van der Waals surface area contributed by atoms with Gasteiger partial charge in [-0.3, -0.25) is 19.8 Å². The third-order valence-electron chi connectivity index (χ3n) is 7.51. The van der Waals surface area contributed by atoms with Crippen LogP contribution in [0.1, 0.15) is 32.6 Å². The van der Waals surface area contributed by atoms with Gasteiger partial charge in [-0.1, -0.05) is 30.3 Å². The van der Waals surface area contributed by atoms with Gasteiger partial charge in [0.25, 0.3) is 11.6 Å². The van der Waals surface area contributed by atoms with Crippen LogP contribution in [0.25, 0.3) is 10.8 Å². The minimum atomic E-state index is -0.465. The van der Waals surface area contributed by atoms with E-state index in [0.717, 1.165) is 41.5 Å². The lowest BCUT2D eigenvalue weighted by Gasteiger charge is -2.36. The standard InChI is InChI=1S/C30H24FN5O3/c31-26-14-21(17-32)5-8-28(26)35-11-9-34(10-12-35)18-20-3-1-19(2-4-20)13-22-6-7-27-29-24(22)15-23(36(38)39)16-25(29)30(37)33-27/h1-8,14-16H,9-13,18H2,(H,33,37). The first-order valence-corrected chi connectivity index (χ1v) is 12.7. The Morgan fingerprint density at radius 1 is 0.974 bits per heavy atom. The molecule has 2 aliphatic rings. The number of nitriles is 1. The lowest BCUT2D eigenvalue weighted by molar-refractivity contribution is -0.384. The van der Waals surface area contributed by atoms with Gasteiger partial charge >= 0.3 is 0 Å². The summed E-state index contributed by atoms with van der Waals surface area (Å²) >= 11 is 0. The van der Waals surface area contributed by atoms with Crippen molar-refractivity contribution in [2.24, 2.45) is 0 Å². The van der Waals surface area contributed by atoms with Crippen LogP contribution in [0.5, 0.6) is 0 Å². The van der Waals surface area contributed by atoms with E-state index in [1.54, 1.807) is 18.2 Å². The van der Waals surface area contributed by atoms with Gasteiger partial charge in [0.15, 0.2) is 0 Å². The molecule has 0 radical (unpaired) electrons. The van der Waals surface area contributed by atoms with Gasteiger partial charge < -0.3 is 10.2 Å². The molecule has 0 saturated carbocycles. The molecule has 0 bridgehead atoms. The summed E-state index contributed by atoms with van der Waals surface area (Å²) in [5, 5.41) is 24.7. The van der Waals surface area contributed by atoms with Crippen LogP contribution in [0.4, 0.5) is 21.5 Å². The normalized spacial score (nSPS) is 14.9. The van der Waals surface area contributed by atoms with Crippen LogP contribution >= 0.6 is 0 Å². The highest BCUT2D eigenvalue weighted by Gasteiger charge is 2.26. The minimum Gasteiger partial charge on any atom is -0.367 e.